The molecule has 0 saturated carbocycles. The molecule has 6 heteroatoms. The first-order valence-electron chi connectivity index (χ1n) is 6.20. The molecule has 0 amide bonds. The van der Waals surface area contributed by atoms with Crippen LogP contribution in [0.5, 0.6) is 0 Å². The Kier molecular flexibility index (Phi) is 5.47. The molecule has 0 unspecified atom stereocenters. The lowest BCUT2D eigenvalue weighted by Gasteiger charge is -2.20. The summed E-state index contributed by atoms with van der Waals surface area (Å²) in [5.41, 5.74) is 1.31. The van der Waals surface area contributed by atoms with Crippen molar-refractivity contribution in [3.05, 3.63) is 47.5 Å². The fourth-order valence-corrected chi connectivity index (χ4v) is 3.40. The summed E-state index contributed by atoms with van der Waals surface area (Å²) >= 11 is 0. The van der Waals surface area contributed by atoms with Gasteiger partial charge in [-0.3, -0.25) is 0 Å². The Balaban J connectivity index is 2.98. The number of rotatable bonds is 7. The largest absolute Gasteiger partial charge is 0.478 e. The molecule has 0 bridgehead atoms. The summed E-state index contributed by atoms with van der Waals surface area (Å²) in [5, 5.41) is 8.91. The van der Waals surface area contributed by atoms with Crippen LogP contribution in [-0.2, 0) is 15.8 Å². The third kappa shape index (κ3) is 4.47. The number of carboxylic acids is 1. The zero-order chi connectivity index (χ0) is 15.3. The smallest absolute Gasteiger partial charge is 0.335 e. The number of hydrogen-bond acceptors (Lipinski definition) is 3. The van der Waals surface area contributed by atoms with Crippen molar-refractivity contribution in [2.45, 2.75) is 19.6 Å². The molecule has 5 nitrogen and oxygen atoms in total. The van der Waals surface area contributed by atoms with Gasteiger partial charge >= 0.3 is 5.97 Å². The maximum atomic E-state index is 12.3. The molecular weight excluding hydrogens is 278 g/mol. The number of likely N-dealkylation sites (N-methyl/N-ethyl adjacent to an activating group) is 1. The molecule has 0 spiro atoms. The van der Waals surface area contributed by atoms with Gasteiger partial charge in [0.1, 0.15) is 0 Å². The van der Waals surface area contributed by atoms with E-state index in [2.05, 4.69) is 6.58 Å². The van der Waals surface area contributed by atoms with E-state index in [1.54, 1.807) is 26.0 Å². The summed E-state index contributed by atoms with van der Waals surface area (Å²) in [7, 11) is -3.48. The zero-order valence-electron chi connectivity index (χ0n) is 11.7. The van der Waals surface area contributed by atoms with E-state index in [4.69, 9.17) is 5.11 Å². The zero-order valence-corrected chi connectivity index (χ0v) is 12.5. The fraction of sp³-hybridized carbons (Fsp3) is 0.357. The van der Waals surface area contributed by atoms with E-state index in [9.17, 15) is 13.2 Å². The molecule has 0 aliphatic carbocycles. The first kappa shape index (κ1) is 16.4. The van der Waals surface area contributed by atoms with Crippen LogP contribution in [-0.4, -0.2) is 36.9 Å². The van der Waals surface area contributed by atoms with Gasteiger partial charge in [0.2, 0.25) is 10.0 Å². The Labute approximate surface area is 119 Å². The molecule has 20 heavy (non-hydrogen) atoms. The number of benzene rings is 1. The average molecular weight is 297 g/mol. The second-order valence-electron chi connectivity index (χ2n) is 4.65. The summed E-state index contributed by atoms with van der Waals surface area (Å²) < 4.78 is 25.9. The molecule has 1 N–H and O–H groups in total. The Bertz CT molecular complexity index is 607. The second kappa shape index (κ2) is 6.67. The van der Waals surface area contributed by atoms with Crippen molar-refractivity contribution in [2.75, 3.05) is 13.1 Å². The molecule has 1 aromatic rings. The van der Waals surface area contributed by atoms with Crippen LogP contribution in [0.15, 0.2) is 36.4 Å². The van der Waals surface area contributed by atoms with Gasteiger partial charge in [-0.25, -0.2) is 13.2 Å². The maximum absolute atomic E-state index is 12.3. The standard InChI is InChI=1S/C14H19NO4S/c1-4-15(9-11(2)3)20(18,19)10-12-6-5-7-13(8-12)14(16)17/h5-8H,2,4,9-10H2,1,3H3,(H,16,17). The number of hydrogen-bond donors (Lipinski definition) is 1. The lowest BCUT2D eigenvalue weighted by Crippen LogP contribution is -2.33. The highest BCUT2D eigenvalue weighted by atomic mass is 32.2. The number of carbonyl (C=O) groups is 1. The predicted molar refractivity (Wildman–Crippen MR) is 78.1 cm³/mol. The number of aromatic carboxylic acids is 1. The van der Waals surface area contributed by atoms with E-state index in [1.165, 1.54) is 16.4 Å². The quantitative estimate of drug-likeness (QED) is 0.782. The normalized spacial score (nSPS) is 11.6. The van der Waals surface area contributed by atoms with Gasteiger partial charge in [-0.15, -0.1) is 0 Å². The first-order chi connectivity index (χ1) is 9.26. The molecule has 0 atom stereocenters. The molecule has 0 aromatic heterocycles. The SMILES string of the molecule is C=C(C)CN(CC)S(=O)(=O)Cc1cccc(C(=O)O)c1. The van der Waals surface area contributed by atoms with Gasteiger partial charge in [0.25, 0.3) is 0 Å². The summed E-state index contributed by atoms with van der Waals surface area (Å²) in [6.45, 7) is 7.87. The van der Waals surface area contributed by atoms with Crippen LogP contribution < -0.4 is 0 Å². The van der Waals surface area contributed by atoms with Crippen LogP contribution in [0.4, 0.5) is 0 Å². The molecule has 0 saturated heterocycles. The third-order valence-electron chi connectivity index (χ3n) is 2.72. The van der Waals surface area contributed by atoms with Gasteiger partial charge in [-0.2, -0.15) is 4.31 Å². The molecule has 0 aliphatic heterocycles. The van der Waals surface area contributed by atoms with Gasteiger partial charge in [0, 0.05) is 13.1 Å². The topological polar surface area (TPSA) is 74.7 Å². The van der Waals surface area contributed by atoms with Crippen LogP contribution in [0, 0.1) is 0 Å². The van der Waals surface area contributed by atoms with Crippen LogP contribution in [0.25, 0.3) is 0 Å². The minimum Gasteiger partial charge on any atom is -0.478 e. The highest BCUT2D eigenvalue weighted by Gasteiger charge is 2.21. The first-order valence-corrected chi connectivity index (χ1v) is 7.81. The molecule has 0 heterocycles. The van der Waals surface area contributed by atoms with Crippen molar-refractivity contribution < 1.29 is 18.3 Å². The van der Waals surface area contributed by atoms with Gasteiger partial charge in [0.15, 0.2) is 0 Å². The lowest BCUT2D eigenvalue weighted by molar-refractivity contribution is 0.0696. The van der Waals surface area contributed by atoms with Crippen molar-refractivity contribution in [3.63, 3.8) is 0 Å². The Morgan fingerprint density at radius 3 is 2.55 bits per heavy atom. The predicted octanol–water partition coefficient (Wildman–Crippen LogP) is 2.11. The van der Waals surface area contributed by atoms with Gasteiger partial charge in [0.05, 0.1) is 11.3 Å². The van der Waals surface area contributed by atoms with E-state index in [0.717, 1.165) is 5.57 Å². The van der Waals surface area contributed by atoms with Gasteiger partial charge < -0.3 is 5.11 Å². The minimum atomic E-state index is -3.48. The molecule has 1 aromatic carbocycles. The molecule has 0 fully saturated rings. The Hall–Kier alpha value is -1.66. The number of nitrogens with zero attached hydrogens (tertiary/aromatic N) is 1. The summed E-state index contributed by atoms with van der Waals surface area (Å²) in [5.74, 6) is -1.28. The van der Waals surface area contributed by atoms with Crippen LogP contribution >= 0.6 is 0 Å². The Morgan fingerprint density at radius 2 is 2.05 bits per heavy atom. The molecule has 0 aliphatic rings. The number of sulfonamides is 1. The van der Waals surface area contributed by atoms with E-state index in [-0.39, 0.29) is 17.9 Å². The summed E-state index contributed by atoms with van der Waals surface area (Å²) in [6, 6.07) is 5.97. The summed E-state index contributed by atoms with van der Waals surface area (Å²) in [4.78, 5) is 10.9. The minimum absolute atomic E-state index is 0.0839. The monoisotopic (exact) mass is 297 g/mol. The molecule has 110 valence electrons. The van der Waals surface area contributed by atoms with Gasteiger partial charge in [-0.1, -0.05) is 31.2 Å². The number of carboxylic acid groups (broad SMARTS) is 1. The molecule has 1 rings (SSSR count). The van der Waals surface area contributed by atoms with E-state index < -0.39 is 16.0 Å². The van der Waals surface area contributed by atoms with Crippen LogP contribution in [0.1, 0.15) is 29.8 Å². The van der Waals surface area contributed by atoms with Crippen molar-refractivity contribution >= 4 is 16.0 Å². The maximum Gasteiger partial charge on any atom is 0.335 e. The third-order valence-corrected chi connectivity index (χ3v) is 4.59. The Morgan fingerprint density at radius 1 is 1.40 bits per heavy atom. The lowest BCUT2D eigenvalue weighted by atomic mass is 10.1. The summed E-state index contributed by atoms with van der Waals surface area (Å²) in [6.07, 6.45) is 0. The van der Waals surface area contributed by atoms with Crippen molar-refractivity contribution in [2.24, 2.45) is 0 Å². The van der Waals surface area contributed by atoms with Crippen LogP contribution in [0.3, 0.4) is 0 Å². The highest BCUT2D eigenvalue weighted by Crippen LogP contribution is 2.14. The average Bonchev–Trinajstić information content (AvgIpc) is 2.35. The van der Waals surface area contributed by atoms with E-state index in [0.29, 0.717) is 12.1 Å². The van der Waals surface area contributed by atoms with Crippen LogP contribution in [0.2, 0.25) is 0 Å². The van der Waals surface area contributed by atoms with E-state index >= 15 is 0 Å². The molecular formula is C14H19NO4S. The fourth-order valence-electron chi connectivity index (χ4n) is 1.80. The van der Waals surface area contributed by atoms with Crippen molar-refractivity contribution in [1.82, 2.24) is 4.31 Å². The van der Waals surface area contributed by atoms with E-state index in [1.807, 2.05) is 0 Å². The molecule has 0 radical (unpaired) electrons. The van der Waals surface area contributed by atoms with Crippen molar-refractivity contribution in [3.8, 4) is 0 Å². The second-order valence-corrected chi connectivity index (χ2v) is 6.61. The van der Waals surface area contributed by atoms with Gasteiger partial charge in [-0.05, 0) is 24.6 Å². The van der Waals surface area contributed by atoms with Crippen molar-refractivity contribution in [1.29, 1.82) is 0 Å². The highest BCUT2D eigenvalue weighted by molar-refractivity contribution is 7.88.